The quantitative estimate of drug-likeness (QED) is 0.891. The number of hydrogen-bond acceptors (Lipinski definition) is 2. The first-order chi connectivity index (χ1) is 8.04. The first-order valence-corrected chi connectivity index (χ1v) is 5.48. The van der Waals surface area contributed by atoms with Gasteiger partial charge in [0.1, 0.15) is 5.56 Å². The van der Waals surface area contributed by atoms with Crippen LogP contribution >= 0.6 is 11.6 Å². The molecule has 0 unspecified atom stereocenters. The van der Waals surface area contributed by atoms with Gasteiger partial charge >= 0.3 is 5.97 Å². The molecule has 0 aliphatic rings. The number of carboxylic acids is 1. The van der Waals surface area contributed by atoms with Crippen LogP contribution < -0.4 is 5.43 Å². The summed E-state index contributed by atoms with van der Waals surface area (Å²) in [6.07, 6.45) is 1.36. The molecule has 0 fully saturated rings. The Morgan fingerprint density at radius 2 is 2.18 bits per heavy atom. The second-order valence-electron chi connectivity index (χ2n) is 3.62. The molecule has 1 heterocycles. The molecule has 0 saturated heterocycles. The molecule has 0 saturated carbocycles. The number of hydrogen-bond donors (Lipinski definition) is 1. The van der Waals surface area contributed by atoms with Crippen LogP contribution in [0.1, 0.15) is 17.3 Å². The minimum Gasteiger partial charge on any atom is -0.477 e. The monoisotopic (exact) mass is 251 g/mol. The summed E-state index contributed by atoms with van der Waals surface area (Å²) in [5, 5.41) is 9.72. The van der Waals surface area contributed by atoms with E-state index in [4.69, 9.17) is 16.7 Å². The van der Waals surface area contributed by atoms with Gasteiger partial charge in [0, 0.05) is 23.2 Å². The number of aromatic nitrogens is 1. The lowest BCUT2D eigenvalue weighted by Crippen LogP contribution is -2.18. The van der Waals surface area contributed by atoms with Gasteiger partial charge in [0.25, 0.3) is 0 Å². The summed E-state index contributed by atoms with van der Waals surface area (Å²) in [4.78, 5) is 22.9. The first kappa shape index (κ1) is 11.7. The van der Waals surface area contributed by atoms with Crippen molar-refractivity contribution in [3.05, 3.63) is 45.2 Å². The van der Waals surface area contributed by atoms with E-state index in [9.17, 15) is 9.59 Å². The summed E-state index contributed by atoms with van der Waals surface area (Å²) >= 11 is 5.82. The van der Waals surface area contributed by atoms with E-state index in [0.717, 1.165) is 0 Å². The Bertz CT molecular complexity index is 661. The molecule has 17 heavy (non-hydrogen) atoms. The van der Waals surface area contributed by atoms with Gasteiger partial charge in [-0.05, 0) is 25.1 Å². The van der Waals surface area contributed by atoms with Gasteiger partial charge in [0.15, 0.2) is 0 Å². The highest BCUT2D eigenvalue weighted by Crippen LogP contribution is 2.17. The maximum atomic E-state index is 11.9. The Kier molecular flexibility index (Phi) is 2.90. The highest BCUT2D eigenvalue weighted by Gasteiger charge is 2.13. The van der Waals surface area contributed by atoms with Gasteiger partial charge in [-0.1, -0.05) is 11.6 Å². The Labute approximate surface area is 102 Å². The van der Waals surface area contributed by atoms with Crippen molar-refractivity contribution < 1.29 is 9.90 Å². The van der Waals surface area contributed by atoms with Crippen LogP contribution in [0.15, 0.2) is 29.2 Å². The topological polar surface area (TPSA) is 59.3 Å². The van der Waals surface area contributed by atoms with Crippen molar-refractivity contribution in [1.29, 1.82) is 0 Å². The Morgan fingerprint density at radius 1 is 1.47 bits per heavy atom. The van der Waals surface area contributed by atoms with E-state index in [1.807, 2.05) is 6.92 Å². The van der Waals surface area contributed by atoms with Gasteiger partial charge in [-0.3, -0.25) is 4.79 Å². The molecule has 0 spiro atoms. The third-order valence-electron chi connectivity index (χ3n) is 2.61. The lowest BCUT2D eigenvalue weighted by molar-refractivity contribution is 0.0695. The standard InChI is InChI=1S/C12H10ClNO3/c1-2-14-6-9(12(16)17)11(15)8-5-7(13)3-4-10(8)14/h3-6H,2H2,1H3,(H,16,17). The number of fused-ring (bicyclic) bond motifs is 1. The van der Waals surface area contributed by atoms with E-state index in [0.29, 0.717) is 22.5 Å². The third kappa shape index (κ3) is 1.91. The van der Waals surface area contributed by atoms with Crippen molar-refractivity contribution in [2.45, 2.75) is 13.5 Å². The van der Waals surface area contributed by atoms with Crippen LogP contribution in [0.3, 0.4) is 0 Å². The zero-order valence-electron chi connectivity index (χ0n) is 9.11. The lowest BCUT2D eigenvalue weighted by atomic mass is 10.1. The number of pyridine rings is 1. The molecule has 0 amide bonds. The molecular weight excluding hydrogens is 242 g/mol. The van der Waals surface area contributed by atoms with Crippen LogP contribution in [0.25, 0.3) is 10.9 Å². The molecule has 5 heteroatoms. The van der Waals surface area contributed by atoms with Crippen molar-refractivity contribution in [2.75, 3.05) is 0 Å². The summed E-state index contributed by atoms with van der Waals surface area (Å²) in [5.74, 6) is -1.22. The Hall–Kier alpha value is -1.81. The van der Waals surface area contributed by atoms with Gasteiger partial charge in [-0.2, -0.15) is 0 Å². The molecule has 4 nitrogen and oxygen atoms in total. The predicted octanol–water partition coefficient (Wildman–Crippen LogP) is 2.37. The second-order valence-corrected chi connectivity index (χ2v) is 4.06. The molecule has 1 aromatic carbocycles. The van der Waals surface area contributed by atoms with Crippen molar-refractivity contribution in [2.24, 2.45) is 0 Å². The van der Waals surface area contributed by atoms with Gasteiger partial charge in [-0.15, -0.1) is 0 Å². The van der Waals surface area contributed by atoms with Crippen LogP contribution in [0.2, 0.25) is 5.02 Å². The number of rotatable bonds is 2. The third-order valence-corrected chi connectivity index (χ3v) is 2.85. The summed E-state index contributed by atoms with van der Waals surface area (Å²) in [6, 6.07) is 4.89. The smallest absolute Gasteiger partial charge is 0.341 e. The van der Waals surface area contributed by atoms with Crippen LogP contribution in [0.5, 0.6) is 0 Å². The van der Waals surface area contributed by atoms with Crippen LogP contribution in [0.4, 0.5) is 0 Å². The van der Waals surface area contributed by atoms with E-state index in [2.05, 4.69) is 0 Å². The molecule has 88 valence electrons. The lowest BCUT2D eigenvalue weighted by Gasteiger charge is -2.09. The number of aryl methyl sites for hydroxylation is 1. The van der Waals surface area contributed by atoms with E-state index in [-0.39, 0.29) is 5.56 Å². The fourth-order valence-corrected chi connectivity index (χ4v) is 1.96. The number of benzene rings is 1. The molecule has 1 aromatic heterocycles. The summed E-state index contributed by atoms with van der Waals surface area (Å²) in [7, 11) is 0. The van der Waals surface area contributed by atoms with Gasteiger partial charge in [0.2, 0.25) is 5.43 Å². The van der Waals surface area contributed by atoms with Crippen LogP contribution in [-0.4, -0.2) is 15.6 Å². The van der Waals surface area contributed by atoms with Gasteiger partial charge in [0.05, 0.1) is 5.52 Å². The average Bonchev–Trinajstić information content (AvgIpc) is 2.29. The fraction of sp³-hybridized carbons (Fsp3) is 0.167. The van der Waals surface area contributed by atoms with Gasteiger partial charge in [-0.25, -0.2) is 4.79 Å². The Morgan fingerprint density at radius 3 is 2.76 bits per heavy atom. The van der Waals surface area contributed by atoms with Crippen molar-refractivity contribution >= 4 is 28.5 Å². The maximum Gasteiger partial charge on any atom is 0.341 e. The van der Waals surface area contributed by atoms with E-state index >= 15 is 0 Å². The SMILES string of the molecule is CCn1cc(C(=O)O)c(=O)c2cc(Cl)ccc21. The van der Waals surface area contributed by atoms with Crippen LogP contribution in [-0.2, 0) is 6.54 Å². The minimum atomic E-state index is -1.22. The average molecular weight is 252 g/mol. The highest BCUT2D eigenvalue weighted by molar-refractivity contribution is 6.31. The molecule has 0 radical (unpaired) electrons. The second kappa shape index (κ2) is 4.22. The summed E-state index contributed by atoms with van der Waals surface area (Å²) in [5.41, 5.74) is -0.0479. The molecule has 0 bridgehead atoms. The molecule has 1 N–H and O–H groups in total. The molecular formula is C12H10ClNO3. The zero-order chi connectivity index (χ0) is 12.6. The normalized spacial score (nSPS) is 10.7. The largest absolute Gasteiger partial charge is 0.477 e. The number of aromatic carboxylic acids is 1. The van der Waals surface area contributed by atoms with Crippen molar-refractivity contribution in [3.8, 4) is 0 Å². The number of carboxylic acid groups (broad SMARTS) is 1. The maximum absolute atomic E-state index is 11.9. The number of carbonyl (C=O) groups is 1. The summed E-state index contributed by atoms with van der Waals surface area (Å²) < 4.78 is 1.72. The van der Waals surface area contributed by atoms with E-state index in [1.54, 1.807) is 16.7 Å². The number of halogens is 1. The van der Waals surface area contributed by atoms with Crippen molar-refractivity contribution in [1.82, 2.24) is 4.57 Å². The fourth-order valence-electron chi connectivity index (χ4n) is 1.78. The van der Waals surface area contributed by atoms with E-state index < -0.39 is 11.4 Å². The zero-order valence-corrected chi connectivity index (χ0v) is 9.86. The summed E-state index contributed by atoms with van der Waals surface area (Å²) in [6.45, 7) is 2.46. The number of nitrogens with zero attached hydrogens (tertiary/aromatic N) is 1. The van der Waals surface area contributed by atoms with Crippen LogP contribution in [0, 0.1) is 0 Å². The Balaban J connectivity index is 2.96. The molecule has 0 atom stereocenters. The van der Waals surface area contributed by atoms with Crippen molar-refractivity contribution in [3.63, 3.8) is 0 Å². The molecule has 0 aliphatic carbocycles. The molecule has 2 aromatic rings. The highest BCUT2D eigenvalue weighted by atomic mass is 35.5. The molecule has 2 rings (SSSR count). The van der Waals surface area contributed by atoms with E-state index in [1.165, 1.54) is 12.3 Å². The minimum absolute atomic E-state index is 0.235. The first-order valence-electron chi connectivity index (χ1n) is 5.10. The molecule has 0 aliphatic heterocycles. The predicted molar refractivity (Wildman–Crippen MR) is 65.9 cm³/mol. The van der Waals surface area contributed by atoms with Gasteiger partial charge < -0.3 is 9.67 Å².